The van der Waals surface area contributed by atoms with Crippen LogP contribution in [0, 0.1) is 5.92 Å². The Morgan fingerprint density at radius 1 is 1.27 bits per heavy atom. The summed E-state index contributed by atoms with van der Waals surface area (Å²) in [6, 6.07) is 0. The molecule has 1 unspecified atom stereocenters. The minimum Gasteiger partial charge on any atom is -0.505 e. The van der Waals surface area contributed by atoms with Crippen molar-refractivity contribution in [2.45, 2.75) is 52.9 Å². The fourth-order valence-corrected chi connectivity index (χ4v) is 3.38. The molecule has 2 aliphatic rings. The van der Waals surface area contributed by atoms with E-state index in [1.54, 1.807) is 0 Å². The first-order chi connectivity index (χ1) is 12.6. The lowest BCUT2D eigenvalue weighted by Crippen LogP contribution is -2.48. The van der Waals surface area contributed by atoms with Gasteiger partial charge in [0.05, 0.1) is 0 Å². The molecule has 0 amide bonds. The van der Waals surface area contributed by atoms with Gasteiger partial charge in [-0.05, 0) is 49.3 Å². The monoisotopic (exact) mass is 348 g/mol. The summed E-state index contributed by atoms with van der Waals surface area (Å²) < 4.78 is 0. The van der Waals surface area contributed by atoms with E-state index in [0.717, 1.165) is 52.9 Å². The van der Waals surface area contributed by atoms with Crippen LogP contribution in [0.25, 0.3) is 18.7 Å². The molecular weight excluding hydrogens is 320 g/mol. The van der Waals surface area contributed by atoms with E-state index in [4.69, 9.17) is 9.98 Å². The van der Waals surface area contributed by atoms with E-state index in [9.17, 15) is 5.11 Å². The Balaban J connectivity index is 2.10. The van der Waals surface area contributed by atoms with E-state index < -0.39 is 0 Å². The van der Waals surface area contributed by atoms with Gasteiger partial charge >= 0.3 is 0 Å². The standard InChI is InChI=1S/C23H28N2O/c1-5-7-10-17(14-13-15(3)6-2)23-24-20-19-12-9-8-11-18(19)16(4)22(26)21(20)25-23/h5,7,10-12,15,26H,4,6,8-9,13-14H2,1-3H3/b7-5-,17-10+. The highest BCUT2D eigenvalue weighted by Gasteiger charge is 2.19. The maximum absolute atomic E-state index is 10.6. The van der Waals surface area contributed by atoms with Gasteiger partial charge in [0.1, 0.15) is 11.0 Å². The predicted octanol–water partition coefficient (Wildman–Crippen LogP) is 3.15. The van der Waals surface area contributed by atoms with Crippen molar-refractivity contribution in [2.24, 2.45) is 15.9 Å². The molecule has 26 heavy (non-hydrogen) atoms. The van der Waals surface area contributed by atoms with Crippen LogP contribution in [-0.2, 0) is 0 Å². The summed E-state index contributed by atoms with van der Waals surface area (Å²) in [7, 11) is 0. The van der Waals surface area contributed by atoms with Gasteiger partial charge < -0.3 is 5.11 Å². The van der Waals surface area contributed by atoms with Crippen LogP contribution in [0.3, 0.4) is 0 Å². The molecule has 1 aromatic carbocycles. The van der Waals surface area contributed by atoms with Crippen molar-refractivity contribution >= 4 is 30.3 Å². The summed E-state index contributed by atoms with van der Waals surface area (Å²) in [5, 5.41) is 14.1. The molecule has 1 aliphatic heterocycles. The van der Waals surface area contributed by atoms with Crippen LogP contribution < -0.4 is 21.0 Å². The lowest BCUT2D eigenvalue weighted by Gasteiger charge is -2.09. The number of phenols is 1. The van der Waals surface area contributed by atoms with E-state index in [1.807, 2.05) is 19.1 Å². The molecule has 3 rings (SSSR count). The van der Waals surface area contributed by atoms with Gasteiger partial charge in [0.25, 0.3) is 0 Å². The zero-order chi connectivity index (χ0) is 18.7. The largest absolute Gasteiger partial charge is 0.505 e. The van der Waals surface area contributed by atoms with Crippen molar-refractivity contribution in [2.75, 3.05) is 0 Å². The molecule has 1 heterocycles. The number of rotatable bonds is 6. The Kier molecular flexibility index (Phi) is 5.55. The third-order valence-corrected chi connectivity index (χ3v) is 5.28. The van der Waals surface area contributed by atoms with Gasteiger partial charge in [0.2, 0.25) is 0 Å². The highest BCUT2D eigenvalue weighted by atomic mass is 16.3. The summed E-state index contributed by atoms with van der Waals surface area (Å²) in [6.45, 7) is 10.6. The minimum absolute atomic E-state index is 0.163. The lowest BCUT2D eigenvalue weighted by molar-refractivity contribution is 0.471. The second-order valence-corrected chi connectivity index (χ2v) is 7.15. The molecule has 3 heteroatoms. The Morgan fingerprint density at radius 3 is 2.69 bits per heavy atom. The summed E-state index contributed by atoms with van der Waals surface area (Å²) in [6.07, 6.45) is 15.7. The quantitative estimate of drug-likeness (QED) is 0.789. The topological polar surface area (TPSA) is 45.0 Å². The number of fused-ring (bicyclic) bond motifs is 3. The molecule has 0 radical (unpaired) electrons. The number of aliphatic imine (C=N–C) groups is 1. The molecule has 0 fully saturated rings. The number of benzene rings is 1. The lowest BCUT2D eigenvalue weighted by atomic mass is 9.98. The fourth-order valence-electron chi connectivity index (χ4n) is 3.38. The second kappa shape index (κ2) is 7.86. The van der Waals surface area contributed by atoms with Crippen molar-refractivity contribution in [1.29, 1.82) is 0 Å². The highest BCUT2D eigenvalue weighted by molar-refractivity contribution is 6.03. The first-order valence-electron chi connectivity index (χ1n) is 9.60. The van der Waals surface area contributed by atoms with Gasteiger partial charge in [-0.25, -0.2) is 9.98 Å². The van der Waals surface area contributed by atoms with Gasteiger partial charge in [-0.3, -0.25) is 0 Å². The van der Waals surface area contributed by atoms with Crippen molar-refractivity contribution in [1.82, 2.24) is 0 Å². The molecule has 0 saturated heterocycles. The molecule has 1 aromatic rings. The average Bonchev–Trinajstić information content (AvgIpc) is 3.11. The third-order valence-electron chi connectivity index (χ3n) is 5.28. The molecule has 1 N–H and O–H groups in total. The number of aromatic hydroxyl groups is 1. The normalized spacial score (nSPS) is 17.0. The van der Waals surface area contributed by atoms with Gasteiger partial charge in [-0.1, -0.05) is 57.2 Å². The van der Waals surface area contributed by atoms with Crippen LogP contribution >= 0.6 is 0 Å². The molecule has 3 nitrogen and oxygen atoms in total. The maximum atomic E-state index is 10.6. The third kappa shape index (κ3) is 3.44. The number of nitrogens with zero attached hydrogens (tertiary/aromatic N) is 2. The summed E-state index contributed by atoms with van der Waals surface area (Å²) in [5.41, 5.74) is 1.70. The van der Waals surface area contributed by atoms with Crippen molar-refractivity contribution in [3.8, 4) is 5.75 Å². The summed E-state index contributed by atoms with van der Waals surface area (Å²) in [4.78, 5) is 9.53. The zero-order valence-corrected chi connectivity index (χ0v) is 16.0. The van der Waals surface area contributed by atoms with Crippen LogP contribution in [0.5, 0.6) is 5.75 Å². The van der Waals surface area contributed by atoms with Gasteiger partial charge in [0, 0.05) is 10.4 Å². The van der Waals surface area contributed by atoms with Crippen molar-refractivity contribution in [3.05, 3.63) is 44.8 Å². The number of amidine groups is 1. The van der Waals surface area contributed by atoms with Crippen LogP contribution in [-0.4, -0.2) is 10.9 Å². The molecular formula is C23H28N2O. The molecule has 1 aliphatic carbocycles. The second-order valence-electron chi connectivity index (χ2n) is 7.15. The number of hydrogen-bond acceptors (Lipinski definition) is 3. The molecule has 0 spiro atoms. The Morgan fingerprint density at radius 2 is 2.00 bits per heavy atom. The molecule has 0 saturated carbocycles. The smallest absolute Gasteiger partial charge is 0.156 e. The van der Waals surface area contributed by atoms with Crippen molar-refractivity contribution in [3.63, 3.8) is 0 Å². The fraction of sp³-hybridized carbons (Fsp3) is 0.391. The van der Waals surface area contributed by atoms with E-state index in [1.165, 1.54) is 6.42 Å². The highest BCUT2D eigenvalue weighted by Crippen LogP contribution is 2.24. The Hall–Kier alpha value is -2.42. The average molecular weight is 348 g/mol. The van der Waals surface area contributed by atoms with E-state index >= 15 is 0 Å². The number of hydrogen-bond donors (Lipinski definition) is 1. The van der Waals surface area contributed by atoms with Crippen LogP contribution in [0.15, 0.2) is 33.8 Å². The first-order valence-corrected chi connectivity index (χ1v) is 9.60. The first kappa shape index (κ1) is 18.4. The van der Waals surface area contributed by atoms with Gasteiger partial charge in [0.15, 0.2) is 11.6 Å². The summed E-state index contributed by atoms with van der Waals surface area (Å²) in [5.74, 6) is 1.56. The van der Waals surface area contributed by atoms with Gasteiger partial charge in [-0.2, -0.15) is 0 Å². The van der Waals surface area contributed by atoms with E-state index in [-0.39, 0.29) is 5.75 Å². The van der Waals surface area contributed by atoms with Crippen LogP contribution in [0.4, 0.5) is 5.69 Å². The maximum Gasteiger partial charge on any atom is 0.156 e. The van der Waals surface area contributed by atoms with Crippen LogP contribution in [0.1, 0.15) is 52.9 Å². The van der Waals surface area contributed by atoms with Crippen LogP contribution in [0.2, 0.25) is 0 Å². The summed E-state index contributed by atoms with van der Waals surface area (Å²) >= 11 is 0. The Labute approximate surface area is 155 Å². The number of phenolic OH excluding ortho intramolecular Hbond substituents is 1. The minimum atomic E-state index is 0.163. The van der Waals surface area contributed by atoms with E-state index in [0.29, 0.717) is 16.8 Å². The number of allylic oxidation sites excluding steroid dienone is 3. The van der Waals surface area contributed by atoms with Crippen molar-refractivity contribution < 1.29 is 5.11 Å². The Bertz CT molecular complexity index is 1030. The molecule has 0 bridgehead atoms. The molecule has 0 aromatic heterocycles. The molecule has 136 valence electrons. The van der Waals surface area contributed by atoms with E-state index in [2.05, 4.69) is 38.7 Å². The van der Waals surface area contributed by atoms with Gasteiger partial charge in [-0.15, -0.1) is 0 Å². The zero-order valence-electron chi connectivity index (χ0n) is 16.0. The molecule has 1 atom stereocenters. The SMILES string of the molecule is C=c1c(O)c2c(c3c1=CCCC=3)=NC(/C(=C/C=C\C)CCC(C)CC)=N2. The predicted molar refractivity (Wildman–Crippen MR) is 111 cm³/mol.